The molecular weight excluding hydrogens is 516 g/mol. The number of hydrogen-bond acceptors (Lipinski definition) is 4. The predicted octanol–water partition coefficient (Wildman–Crippen LogP) is 10.0. The van der Waals surface area contributed by atoms with Gasteiger partial charge in [-0.1, -0.05) is 117 Å². The zero-order valence-corrected chi connectivity index (χ0v) is 28.4. The van der Waals surface area contributed by atoms with Gasteiger partial charge in [0.2, 0.25) is 0 Å². The Morgan fingerprint density at radius 2 is 1.38 bits per heavy atom. The molecule has 0 bridgehead atoms. The quantitative estimate of drug-likeness (QED) is 0.110. The molecule has 0 heterocycles. The van der Waals surface area contributed by atoms with Crippen molar-refractivity contribution in [3.8, 4) is 5.75 Å². The molecule has 1 aromatic rings. The van der Waals surface area contributed by atoms with Gasteiger partial charge in [0, 0.05) is 5.92 Å². The molecule has 1 N–H and O–H groups in total. The second kappa shape index (κ2) is 18.9. The molecule has 0 aliphatic rings. The normalized spacial score (nSPS) is 15.4. The van der Waals surface area contributed by atoms with E-state index in [-0.39, 0.29) is 17.1 Å². The van der Waals surface area contributed by atoms with Crippen LogP contribution >= 0.6 is 0 Å². The van der Waals surface area contributed by atoms with Crippen LogP contribution in [0.1, 0.15) is 124 Å². The molecule has 4 atom stereocenters. The number of rotatable bonds is 22. The molecule has 0 fully saturated rings. The molecule has 1 rings (SSSR count). The van der Waals surface area contributed by atoms with Gasteiger partial charge in [-0.15, -0.1) is 0 Å². The van der Waals surface area contributed by atoms with Gasteiger partial charge < -0.3 is 19.0 Å². The van der Waals surface area contributed by atoms with Gasteiger partial charge in [-0.3, -0.25) is 4.79 Å². The fourth-order valence-electron chi connectivity index (χ4n) is 5.01. The van der Waals surface area contributed by atoms with Gasteiger partial charge >= 0.3 is 5.97 Å². The van der Waals surface area contributed by atoms with E-state index in [4.69, 9.17) is 13.9 Å². The summed E-state index contributed by atoms with van der Waals surface area (Å²) in [5, 5.41) is 10.0. The Bertz CT molecular complexity index is 802. The Morgan fingerprint density at radius 3 is 1.82 bits per heavy atom. The molecule has 232 valence electrons. The van der Waals surface area contributed by atoms with E-state index >= 15 is 0 Å². The number of carboxylic acid groups (broad SMARTS) is 1. The highest BCUT2D eigenvalue weighted by atomic mass is 28.4. The molecule has 0 saturated heterocycles. The van der Waals surface area contributed by atoms with Gasteiger partial charge in [-0.25, -0.2) is 0 Å². The van der Waals surface area contributed by atoms with E-state index in [2.05, 4.69) is 47.7 Å². The van der Waals surface area contributed by atoms with Gasteiger partial charge in [-0.05, 0) is 49.2 Å². The van der Waals surface area contributed by atoms with Crippen molar-refractivity contribution in [2.45, 2.75) is 156 Å². The molecule has 6 heteroatoms. The van der Waals surface area contributed by atoms with E-state index in [1.807, 2.05) is 24.3 Å². The summed E-state index contributed by atoms with van der Waals surface area (Å²) in [7, 11) is -0.404. The second-order valence-electron chi connectivity index (χ2n) is 13.4. The summed E-state index contributed by atoms with van der Waals surface area (Å²) in [5.74, 6) is -0.701. The third-order valence-electron chi connectivity index (χ3n) is 8.93. The smallest absolute Gasteiger partial charge is 0.308 e. The number of methoxy groups -OCH3 is 1. The molecule has 0 amide bonds. The Balaban J connectivity index is 2.84. The first-order valence-electron chi connectivity index (χ1n) is 16.0. The van der Waals surface area contributed by atoms with Gasteiger partial charge in [0.25, 0.3) is 0 Å². The van der Waals surface area contributed by atoms with Crippen molar-refractivity contribution < 1.29 is 23.8 Å². The molecule has 40 heavy (non-hydrogen) atoms. The van der Waals surface area contributed by atoms with E-state index in [1.165, 1.54) is 64.2 Å². The lowest BCUT2D eigenvalue weighted by Crippen LogP contribution is -2.48. The van der Waals surface area contributed by atoms with Crippen LogP contribution in [0.25, 0.3) is 0 Å². The minimum Gasteiger partial charge on any atom is -0.497 e. The molecule has 0 aromatic heterocycles. The first kappa shape index (κ1) is 36.7. The predicted molar refractivity (Wildman–Crippen MR) is 171 cm³/mol. The fraction of sp³-hybridized carbons (Fsp3) is 0.794. The minimum atomic E-state index is -2.05. The van der Waals surface area contributed by atoms with Crippen LogP contribution in [0.15, 0.2) is 24.3 Å². The highest BCUT2D eigenvalue weighted by Crippen LogP contribution is 2.40. The maximum absolute atomic E-state index is 12.1. The van der Waals surface area contributed by atoms with Gasteiger partial charge in [0.05, 0.1) is 31.8 Å². The summed E-state index contributed by atoms with van der Waals surface area (Å²) in [6, 6.07) is 7.77. The number of hydrogen-bond donors (Lipinski definition) is 1. The van der Waals surface area contributed by atoms with Crippen LogP contribution in [0.3, 0.4) is 0 Å². The van der Waals surface area contributed by atoms with E-state index in [0.717, 1.165) is 24.2 Å². The van der Waals surface area contributed by atoms with Crippen molar-refractivity contribution in [3.05, 3.63) is 29.8 Å². The molecule has 0 aliphatic carbocycles. The Morgan fingerprint density at radius 1 is 0.875 bits per heavy atom. The number of carboxylic acids is 1. The number of carbonyl (C=O) groups is 1. The molecule has 0 spiro atoms. The van der Waals surface area contributed by atoms with Crippen molar-refractivity contribution in [2.24, 2.45) is 11.8 Å². The SMILES string of the molecule is CCCCCCCCCCCCC[C@@H](O[Si](C)(C)C(C)(C)C)[C@H](C)[C@@H](OCc1ccc(OC)cc1)[C@@H](C)C(=O)O. The van der Waals surface area contributed by atoms with E-state index in [0.29, 0.717) is 6.61 Å². The van der Waals surface area contributed by atoms with Crippen LogP contribution in [0.4, 0.5) is 0 Å². The summed E-state index contributed by atoms with van der Waals surface area (Å²) in [5.41, 5.74) is 1.00. The maximum atomic E-state index is 12.1. The minimum absolute atomic E-state index is 0.0258. The summed E-state index contributed by atoms with van der Waals surface area (Å²) in [6.45, 7) is 17.9. The summed E-state index contributed by atoms with van der Waals surface area (Å²) in [6.07, 6.45) is 14.9. The van der Waals surface area contributed by atoms with Gasteiger partial charge in [0.1, 0.15) is 5.75 Å². The van der Waals surface area contributed by atoms with Crippen molar-refractivity contribution in [2.75, 3.05) is 7.11 Å². The zero-order chi connectivity index (χ0) is 30.2. The summed E-state index contributed by atoms with van der Waals surface area (Å²) in [4.78, 5) is 12.1. The van der Waals surface area contributed by atoms with Crippen LogP contribution in [-0.4, -0.2) is 38.7 Å². The van der Waals surface area contributed by atoms with Gasteiger partial charge in [0.15, 0.2) is 8.32 Å². The second-order valence-corrected chi connectivity index (χ2v) is 18.1. The lowest BCUT2D eigenvalue weighted by molar-refractivity contribution is -0.151. The van der Waals surface area contributed by atoms with Gasteiger partial charge in [-0.2, -0.15) is 0 Å². The number of ether oxygens (including phenoxy) is 2. The average Bonchev–Trinajstić information content (AvgIpc) is 2.90. The van der Waals surface area contributed by atoms with Crippen molar-refractivity contribution in [1.82, 2.24) is 0 Å². The molecule has 0 aliphatic heterocycles. The Labute approximate surface area is 247 Å². The molecule has 5 nitrogen and oxygen atoms in total. The van der Waals surface area contributed by atoms with Crippen LogP contribution < -0.4 is 4.74 Å². The first-order chi connectivity index (χ1) is 18.8. The zero-order valence-electron chi connectivity index (χ0n) is 27.4. The van der Waals surface area contributed by atoms with E-state index in [9.17, 15) is 9.90 Å². The topological polar surface area (TPSA) is 65.0 Å². The number of unbranched alkanes of at least 4 members (excludes halogenated alkanes) is 10. The van der Waals surface area contributed by atoms with E-state index in [1.54, 1.807) is 14.0 Å². The van der Waals surface area contributed by atoms with Crippen LogP contribution in [0, 0.1) is 11.8 Å². The third-order valence-corrected chi connectivity index (χ3v) is 13.4. The largest absolute Gasteiger partial charge is 0.497 e. The molecule has 0 unspecified atom stereocenters. The molecule has 1 aromatic carbocycles. The number of benzene rings is 1. The highest BCUT2D eigenvalue weighted by Gasteiger charge is 2.42. The summed E-state index contributed by atoms with van der Waals surface area (Å²) >= 11 is 0. The highest BCUT2D eigenvalue weighted by molar-refractivity contribution is 6.74. The standard InChI is InChI=1S/C34H62O5Si/c1-10-11-12-13-14-15-16-17-18-19-20-21-31(39-40(8,9)34(4,5)6)27(2)32(28(3)33(35)36)38-26-29-22-24-30(37-7)25-23-29/h22-25,27-28,31-32H,10-21,26H2,1-9H3,(H,35,36)/t27-,28+,31+,32+/m0/s1. The van der Waals surface area contributed by atoms with Crippen molar-refractivity contribution in [1.29, 1.82) is 0 Å². The maximum Gasteiger partial charge on any atom is 0.308 e. The third kappa shape index (κ3) is 13.5. The van der Waals surface area contributed by atoms with Crippen molar-refractivity contribution >= 4 is 14.3 Å². The Kier molecular flexibility index (Phi) is 17.4. The molecule has 0 saturated carbocycles. The van der Waals surface area contributed by atoms with Crippen LogP contribution in [0.2, 0.25) is 18.1 Å². The van der Waals surface area contributed by atoms with Crippen LogP contribution in [-0.2, 0) is 20.6 Å². The fourth-order valence-corrected chi connectivity index (χ4v) is 6.45. The Hall–Kier alpha value is -1.37. The number of aliphatic carboxylic acids is 1. The monoisotopic (exact) mass is 578 g/mol. The lowest BCUT2D eigenvalue weighted by Gasteiger charge is -2.43. The van der Waals surface area contributed by atoms with Crippen molar-refractivity contribution in [3.63, 3.8) is 0 Å². The summed E-state index contributed by atoms with van der Waals surface area (Å²) < 4.78 is 18.7. The average molecular weight is 579 g/mol. The lowest BCUT2D eigenvalue weighted by atomic mass is 9.87. The first-order valence-corrected chi connectivity index (χ1v) is 18.9. The molecule has 0 radical (unpaired) electrons. The van der Waals surface area contributed by atoms with Crippen LogP contribution in [0.5, 0.6) is 5.75 Å². The molecular formula is C34H62O5Si. The van der Waals surface area contributed by atoms with E-state index < -0.39 is 26.3 Å².